The minimum Gasteiger partial charge on any atom is -0.458 e. The van der Waals surface area contributed by atoms with E-state index in [4.69, 9.17) is 18.6 Å². The van der Waals surface area contributed by atoms with Gasteiger partial charge in [-0.25, -0.2) is 19.1 Å². The largest absolute Gasteiger partial charge is 0.458 e. The fourth-order valence-electron chi connectivity index (χ4n) is 4.95. The summed E-state index contributed by atoms with van der Waals surface area (Å²) in [6.45, 7) is 11.2. The molecular weight excluding hydrogens is 546 g/mol. The van der Waals surface area contributed by atoms with Gasteiger partial charge in [-0.05, 0) is 59.1 Å². The van der Waals surface area contributed by atoms with Crippen LogP contribution in [0.4, 0.5) is 0 Å². The summed E-state index contributed by atoms with van der Waals surface area (Å²) in [7, 11) is 0. The minimum atomic E-state index is -1.60. The third kappa shape index (κ3) is 5.66. The molecule has 0 unspecified atom stereocenters. The highest BCUT2D eigenvalue weighted by Gasteiger charge is 2.39. The lowest BCUT2D eigenvalue weighted by Crippen LogP contribution is -2.54. The zero-order chi connectivity index (χ0) is 29.5. The molecule has 11 heteroatoms. The second kappa shape index (κ2) is 11.0. The van der Waals surface area contributed by atoms with Gasteiger partial charge in [-0.2, -0.15) is 0 Å². The Labute approximate surface area is 241 Å². The van der Waals surface area contributed by atoms with E-state index >= 15 is 0 Å². The van der Waals surface area contributed by atoms with E-state index in [0.717, 1.165) is 16.6 Å². The van der Waals surface area contributed by atoms with Crippen molar-refractivity contribution in [2.75, 3.05) is 13.2 Å². The topological polar surface area (TPSA) is 115 Å². The third-order valence-electron chi connectivity index (χ3n) is 7.06. The van der Waals surface area contributed by atoms with Crippen molar-refractivity contribution < 1.29 is 23.4 Å². The highest BCUT2D eigenvalue weighted by Crippen LogP contribution is 2.37. The Morgan fingerprint density at radius 3 is 2.51 bits per heavy atom. The maximum Gasteiger partial charge on any atom is 0.333 e. The van der Waals surface area contributed by atoms with Gasteiger partial charge in [0.1, 0.15) is 28.3 Å². The summed E-state index contributed by atoms with van der Waals surface area (Å²) < 4.78 is 25.8. The number of nitrogens with zero attached hydrogens (tertiary/aromatic N) is 3. The van der Waals surface area contributed by atoms with Crippen LogP contribution in [-0.4, -0.2) is 45.0 Å². The highest BCUT2D eigenvalue weighted by atomic mass is 32.1. The summed E-state index contributed by atoms with van der Waals surface area (Å²) in [6, 6.07) is 9.64. The lowest BCUT2D eigenvalue weighted by Gasteiger charge is -2.30. The highest BCUT2D eigenvalue weighted by molar-refractivity contribution is 7.22. The van der Waals surface area contributed by atoms with Crippen LogP contribution in [0.2, 0.25) is 0 Å². The van der Waals surface area contributed by atoms with Crippen LogP contribution in [0, 0.1) is 6.92 Å². The predicted molar refractivity (Wildman–Crippen MR) is 155 cm³/mol. The van der Waals surface area contributed by atoms with Crippen LogP contribution < -0.4 is 11.2 Å². The average Bonchev–Trinajstić information content (AvgIpc) is 3.67. The molecule has 1 aliphatic rings. The van der Waals surface area contributed by atoms with Gasteiger partial charge >= 0.3 is 11.7 Å². The number of oxazole rings is 1. The van der Waals surface area contributed by atoms with E-state index in [2.05, 4.69) is 4.98 Å². The first-order valence-electron chi connectivity index (χ1n) is 13.6. The van der Waals surface area contributed by atoms with Gasteiger partial charge in [-0.1, -0.05) is 30.3 Å². The normalized spacial score (nSPS) is 16.8. The van der Waals surface area contributed by atoms with Crippen LogP contribution in [-0.2, 0) is 31.1 Å². The molecule has 0 aliphatic carbocycles. The number of hydrogen-bond acceptors (Lipinski definition) is 9. The molecule has 0 amide bonds. The number of esters is 1. The maximum absolute atomic E-state index is 14.3. The molecule has 2 atom stereocenters. The average molecular weight is 582 g/mol. The summed E-state index contributed by atoms with van der Waals surface area (Å²) in [5, 5.41) is 0.315. The van der Waals surface area contributed by atoms with Crippen molar-refractivity contribution in [2.24, 2.45) is 0 Å². The second-order valence-corrected chi connectivity index (χ2v) is 12.7. The van der Waals surface area contributed by atoms with E-state index < -0.39 is 34.5 Å². The van der Waals surface area contributed by atoms with Crippen LogP contribution in [0.5, 0.6) is 0 Å². The van der Waals surface area contributed by atoms with Crippen LogP contribution in [0.1, 0.15) is 58.3 Å². The van der Waals surface area contributed by atoms with E-state index in [0.29, 0.717) is 39.8 Å². The van der Waals surface area contributed by atoms with Crippen molar-refractivity contribution in [1.82, 2.24) is 14.1 Å². The summed E-state index contributed by atoms with van der Waals surface area (Å²) in [6.07, 6.45) is 3.07. The summed E-state index contributed by atoms with van der Waals surface area (Å²) in [4.78, 5) is 47.2. The molecule has 0 N–H and O–H groups in total. The molecule has 3 aromatic heterocycles. The number of carbonyl (C=O) groups is 1. The monoisotopic (exact) mass is 581 g/mol. The molecule has 4 aromatic rings. The number of hydrogen-bond donors (Lipinski definition) is 0. The van der Waals surface area contributed by atoms with E-state index in [-0.39, 0.29) is 12.6 Å². The maximum atomic E-state index is 14.3. The number of benzene rings is 1. The van der Waals surface area contributed by atoms with Crippen molar-refractivity contribution in [3.63, 3.8) is 0 Å². The van der Waals surface area contributed by atoms with E-state index in [1.165, 1.54) is 42.2 Å². The van der Waals surface area contributed by atoms with Crippen LogP contribution in [0.15, 0.2) is 56.8 Å². The lowest BCUT2D eigenvalue weighted by molar-refractivity contribution is -0.164. The summed E-state index contributed by atoms with van der Waals surface area (Å²) >= 11 is 1.25. The fourth-order valence-corrected chi connectivity index (χ4v) is 6.19. The number of ether oxygens (including phenoxy) is 3. The number of fused-ring (bicyclic) bond motifs is 1. The first kappa shape index (κ1) is 29.0. The van der Waals surface area contributed by atoms with Gasteiger partial charge in [-0.3, -0.25) is 9.36 Å². The molecule has 0 spiro atoms. The van der Waals surface area contributed by atoms with Crippen molar-refractivity contribution in [2.45, 2.75) is 77.9 Å². The van der Waals surface area contributed by atoms with Crippen LogP contribution in [0.3, 0.4) is 0 Å². The Balaban J connectivity index is 1.74. The summed E-state index contributed by atoms with van der Waals surface area (Å²) in [5.74, 6) is -0.339. The molecule has 218 valence electrons. The lowest BCUT2D eigenvalue weighted by atomic mass is 10.0. The smallest absolute Gasteiger partial charge is 0.333 e. The molecule has 5 rings (SSSR count). The van der Waals surface area contributed by atoms with Gasteiger partial charge in [0, 0.05) is 6.61 Å². The third-order valence-corrected chi connectivity index (χ3v) is 8.36. The van der Waals surface area contributed by atoms with Crippen LogP contribution >= 0.6 is 11.3 Å². The Morgan fingerprint density at radius 1 is 1.17 bits per heavy atom. The number of aryl methyl sites for hydroxylation is 1. The van der Waals surface area contributed by atoms with Crippen molar-refractivity contribution in [1.29, 1.82) is 0 Å². The van der Waals surface area contributed by atoms with E-state index in [9.17, 15) is 14.4 Å². The number of rotatable bonds is 8. The van der Waals surface area contributed by atoms with Crippen molar-refractivity contribution >= 4 is 27.5 Å². The van der Waals surface area contributed by atoms with E-state index in [1.54, 1.807) is 27.7 Å². The quantitative estimate of drug-likeness (QED) is 0.272. The molecule has 1 fully saturated rings. The van der Waals surface area contributed by atoms with Gasteiger partial charge in [0.05, 0.1) is 35.7 Å². The Kier molecular flexibility index (Phi) is 7.80. The zero-order valence-corrected chi connectivity index (χ0v) is 24.9. The standard InChI is InChI=1S/C30H35N3O7S/c1-18-22-25(34)33(30(5,6)27(35)40-29(2,3)4)28(36)32(26(22)41-23(18)24-31-13-15-38-24)16-21(19-10-8-7-9-11-19)39-20-12-14-37-17-20/h7-11,13,15,20-21H,12,14,16-17H2,1-6H3/t20-,21+/m1/s1. The van der Waals surface area contributed by atoms with Gasteiger partial charge < -0.3 is 18.6 Å². The molecular formula is C30H35N3O7S. The van der Waals surface area contributed by atoms with Gasteiger partial charge in [-0.15, -0.1) is 11.3 Å². The van der Waals surface area contributed by atoms with E-state index in [1.807, 2.05) is 30.3 Å². The zero-order valence-electron chi connectivity index (χ0n) is 24.1. The van der Waals surface area contributed by atoms with Crippen LogP contribution in [0.25, 0.3) is 21.0 Å². The Bertz CT molecular complexity index is 1650. The molecule has 1 saturated heterocycles. The van der Waals surface area contributed by atoms with Gasteiger partial charge in [0.25, 0.3) is 5.56 Å². The summed E-state index contributed by atoms with van der Waals surface area (Å²) in [5.41, 5.74) is -2.13. The first-order chi connectivity index (χ1) is 19.4. The Morgan fingerprint density at radius 2 is 1.90 bits per heavy atom. The molecule has 4 heterocycles. The molecule has 10 nitrogen and oxygen atoms in total. The second-order valence-electron chi connectivity index (χ2n) is 11.7. The SMILES string of the molecule is Cc1c(-c2ncco2)sc2c1c(=O)n(C(C)(C)C(=O)OC(C)(C)C)c(=O)n2C[C@H](O[C@@H]1CCOC1)c1ccccc1. The first-order valence-corrected chi connectivity index (χ1v) is 14.4. The molecule has 0 bridgehead atoms. The molecule has 0 saturated carbocycles. The van der Waals surface area contributed by atoms with Gasteiger partial charge in [0.2, 0.25) is 5.89 Å². The van der Waals surface area contributed by atoms with Gasteiger partial charge in [0.15, 0.2) is 0 Å². The fraction of sp³-hybridized carbons (Fsp3) is 0.467. The molecule has 1 aliphatic heterocycles. The van der Waals surface area contributed by atoms with Crippen molar-refractivity contribution in [3.8, 4) is 10.8 Å². The molecule has 41 heavy (non-hydrogen) atoms. The predicted octanol–water partition coefficient (Wildman–Crippen LogP) is 4.81. The number of thiophene rings is 1. The Hall–Kier alpha value is -3.54. The molecule has 1 aromatic carbocycles. The molecule has 0 radical (unpaired) electrons. The van der Waals surface area contributed by atoms with Crippen molar-refractivity contribution in [3.05, 3.63) is 74.8 Å². The minimum absolute atomic E-state index is 0.103. The number of aromatic nitrogens is 3. The number of carbonyl (C=O) groups excluding carboxylic acids is 1.